The third-order valence-corrected chi connectivity index (χ3v) is 6.91. The zero-order chi connectivity index (χ0) is 26.2. The van der Waals surface area contributed by atoms with Crippen molar-refractivity contribution in [1.82, 2.24) is 24.9 Å². The minimum absolute atomic E-state index is 0.00318. The number of anilines is 1. The first kappa shape index (κ1) is 26.8. The number of carbonyl (C=O) groups is 2. The van der Waals surface area contributed by atoms with Crippen LogP contribution in [0, 0.1) is 5.92 Å². The number of nitrogens with zero attached hydrogens (tertiary/aromatic N) is 6. The summed E-state index contributed by atoms with van der Waals surface area (Å²) in [5.74, 6) is 1.47. The monoisotopic (exact) mass is 510 g/mol. The van der Waals surface area contributed by atoms with Crippen molar-refractivity contribution < 1.29 is 19.1 Å². The van der Waals surface area contributed by atoms with Crippen molar-refractivity contribution in [3.05, 3.63) is 36.4 Å². The second kappa shape index (κ2) is 12.8. The predicted molar refractivity (Wildman–Crippen MR) is 141 cm³/mol. The minimum atomic E-state index is -0.145. The van der Waals surface area contributed by atoms with Crippen molar-refractivity contribution in [3.63, 3.8) is 0 Å². The summed E-state index contributed by atoms with van der Waals surface area (Å²) in [7, 11) is 1.64. The minimum Gasteiger partial charge on any atom is -0.497 e. The Labute approximate surface area is 219 Å². The number of carbonyl (C=O) groups excluding carboxylic acids is 2. The highest BCUT2D eigenvalue weighted by atomic mass is 16.5. The number of amides is 2. The Balaban J connectivity index is 1.29. The van der Waals surface area contributed by atoms with Gasteiger partial charge in [-0.25, -0.2) is 0 Å². The van der Waals surface area contributed by atoms with Crippen LogP contribution < -0.4 is 9.64 Å². The molecule has 0 unspecified atom stereocenters. The van der Waals surface area contributed by atoms with Crippen LogP contribution in [-0.2, 0) is 14.3 Å². The van der Waals surface area contributed by atoms with E-state index in [2.05, 4.69) is 20.0 Å². The third kappa shape index (κ3) is 7.17. The van der Waals surface area contributed by atoms with Gasteiger partial charge in [-0.2, -0.15) is 0 Å². The van der Waals surface area contributed by atoms with E-state index in [4.69, 9.17) is 9.47 Å². The SMILES string of the molecule is COc1ccc(-c2ccc(N3CCN(C(=O)CN(CCN4CCOCC4)C(=O)C(C)C)CC3)nn2)cc1. The van der Waals surface area contributed by atoms with Crippen LogP contribution in [-0.4, -0.2) is 116 Å². The summed E-state index contributed by atoms with van der Waals surface area (Å²) >= 11 is 0. The maximum Gasteiger partial charge on any atom is 0.242 e. The van der Waals surface area contributed by atoms with Crippen molar-refractivity contribution in [3.8, 4) is 17.0 Å². The molecule has 2 fully saturated rings. The van der Waals surface area contributed by atoms with E-state index in [0.29, 0.717) is 32.7 Å². The number of hydrogen-bond donors (Lipinski definition) is 0. The fraction of sp³-hybridized carbons (Fsp3) is 0.556. The number of aromatic nitrogens is 2. The van der Waals surface area contributed by atoms with E-state index in [-0.39, 0.29) is 24.3 Å². The second-order valence-corrected chi connectivity index (χ2v) is 9.74. The quantitative estimate of drug-likeness (QED) is 0.503. The Morgan fingerprint density at radius 3 is 2.27 bits per heavy atom. The molecular weight excluding hydrogens is 472 g/mol. The molecular formula is C27H38N6O4. The Kier molecular flexibility index (Phi) is 9.29. The smallest absolute Gasteiger partial charge is 0.242 e. The summed E-state index contributed by atoms with van der Waals surface area (Å²) in [6.45, 7) is 10.9. The van der Waals surface area contributed by atoms with Gasteiger partial charge in [-0.1, -0.05) is 13.8 Å². The number of morpholine rings is 1. The van der Waals surface area contributed by atoms with Crippen molar-refractivity contribution in [2.75, 3.05) is 84.1 Å². The lowest BCUT2D eigenvalue weighted by molar-refractivity contribution is -0.142. The van der Waals surface area contributed by atoms with Crippen LogP contribution in [0.3, 0.4) is 0 Å². The molecule has 0 spiro atoms. The number of ether oxygens (including phenoxy) is 2. The molecule has 2 aromatic rings. The van der Waals surface area contributed by atoms with Crippen LogP contribution >= 0.6 is 0 Å². The molecule has 0 aliphatic carbocycles. The zero-order valence-corrected chi connectivity index (χ0v) is 22.1. The summed E-state index contributed by atoms with van der Waals surface area (Å²) in [6, 6.07) is 11.7. The lowest BCUT2D eigenvalue weighted by Crippen LogP contribution is -2.53. The number of rotatable bonds is 9. The van der Waals surface area contributed by atoms with Crippen LogP contribution in [0.2, 0.25) is 0 Å². The van der Waals surface area contributed by atoms with E-state index in [9.17, 15) is 9.59 Å². The highest BCUT2D eigenvalue weighted by Gasteiger charge is 2.27. The molecule has 10 heteroatoms. The third-order valence-electron chi connectivity index (χ3n) is 6.91. The molecule has 1 aromatic heterocycles. The van der Waals surface area contributed by atoms with E-state index >= 15 is 0 Å². The first-order chi connectivity index (χ1) is 17.9. The number of methoxy groups -OCH3 is 1. The van der Waals surface area contributed by atoms with Gasteiger partial charge in [0.15, 0.2) is 5.82 Å². The molecule has 0 radical (unpaired) electrons. The van der Waals surface area contributed by atoms with Crippen LogP contribution in [0.15, 0.2) is 36.4 Å². The van der Waals surface area contributed by atoms with Gasteiger partial charge in [-0.05, 0) is 36.4 Å². The molecule has 37 heavy (non-hydrogen) atoms. The zero-order valence-electron chi connectivity index (χ0n) is 22.1. The fourth-order valence-electron chi connectivity index (χ4n) is 4.58. The molecule has 1 aromatic carbocycles. The van der Waals surface area contributed by atoms with E-state index < -0.39 is 0 Å². The molecule has 2 saturated heterocycles. The van der Waals surface area contributed by atoms with E-state index in [1.165, 1.54) is 0 Å². The Morgan fingerprint density at radius 2 is 1.68 bits per heavy atom. The molecule has 0 saturated carbocycles. The van der Waals surface area contributed by atoms with Gasteiger partial charge in [-0.15, -0.1) is 10.2 Å². The van der Waals surface area contributed by atoms with Crippen molar-refractivity contribution in [2.24, 2.45) is 5.92 Å². The van der Waals surface area contributed by atoms with Gasteiger partial charge in [0.1, 0.15) is 5.75 Å². The summed E-state index contributed by atoms with van der Waals surface area (Å²) < 4.78 is 10.6. The Hall–Kier alpha value is -3.24. The van der Waals surface area contributed by atoms with Gasteiger partial charge >= 0.3 is 0 Å². The molecule has 3 heterocycles. The summed E-state index contributed by atoms with van der Waals surface area (Å²) in [6.07, 6.45) is 0. The largest absolute Gasteiger partial charge is 0.497 e. The van der Waals surface area contributed by atoms with Crippen LogP contribution in [0.5, 0.6) is 5.75 Å². The van der Waals surface area contributed by atoms with Crippen molar-refractivity contribution in [1.29, 1.82) is 0 Å². The highest BCUT2D eigenvalue weighted by molar-refractivity contribution is 5.85. The van der Waals surface area contributed by atoms with Crippen molar-refractivity contribution in [2.45, 2.75) is 13.8 Å². The molecule has 0 atom stereocenters. The average molecular weight is 511 g/mol. The van der Waals surface area contributed by atoms with Gasteiger partial charge in [0.25, 0.3) is 0 Å². The van der Waals surface area contributed by atoms with Gasteiger partial charge in [0, 0.05) is 63.8 Å². The van der Waals surface area contributed by atoms with E-state index in [0.717, 1.165) is 55.7 Å². The average Bonchev–Trinajstić information content (AvgIpc) is 2.95. The summed E-state index contributed by atoms with van der Waals surface area (Å²) in [4.78, 5) is 33.9. The lowest BCUT2D eigenvalue weighted by atomic mass is 10.1. The molecule has 10 nitrogen and oxygen atoms in total. The van der Waals surface area contributed by atoms with Gasteiger partial charge in [0.2, 0.25) is 11.8 Å². The number of benzene rings is 1. The van der Waals surface area contributed by atoms with Crippen LogP contribution in [0.25, 0.3) is 11.3 Å². The molecule has 200 valence electrons. The van der Waals surface area contributed by atoms with Crippen LogP contribution in [0.4, 0.5) is 5.82 Å². The molecule has 2 aliphatic heterocycles. The van der Waals surface area contributed by atoms with Gasteiger partial charge in [0.05, 0.1) is 32.6 Å². The molecule has 0 bridgehead atoms. The predicted octanol–water partition coefficient (Wildman–Crippen LogP) is 1.62. The molecule has 2 amide bonds. The van der Waals surface area contributed by atoms with Crippen LogP contribution in [0.1, 0.15) is 13.8 Å². The lowest BCUT2D eigenvalue weighted by Gasteiger charge is -2.37. The topological polar surface area (TPSA) is 91.3 Å². The summed E-state index contributed by atoms with van der Waals surface area (Å²) in [5.41, 5.74) is 1.77. The normalized spacial score (nSPS) is 16.6. The maximum absolute atomic E-state index is 13.1. The van der Waals surface area contributed by atoms with Gasteiger partial charge < -0.3 is 24.2 Å². The first-order valence-corrected chi connectivity index (χ1v) is 13.0. The highest BCUT2D eigenvalue weighted by Crippen LogP contribution is 2.22. The first-order valence-electron chi connectivity index (χ1n) is 13.0. The molecule has 2 aliphatic rings. The van der Waals surface area contributed by atoms with E-state index in [1.807, 2.05) is 55.1 Å². The standard InChI is InChI=1S/C27H38N6O4/c1-21(2)27(35)33(11-10-30-16-18-37-19-17-30)20-26(34)32-14-12-31(13-15-32)25-9-8-24(28-29-25)22-4-6-23(36-3)7-5-22/h4-9,21H,10-20H2,1-3H3. The van der Waals surface area contributed by atoms with E-state index in [1.54, 1.807) is 12.0 Å². The summed E-state index contributed by atoms with van der Waals surface area (Å²) in [5, 5.41) is 8.82. The Bertz CT molecular complexity index is 1020. The van der Waals surface area contributed by atoms with Crippen molar-refractivity contribution >= 4 is 17.6 Å². The molecule has 4 rings (SSSR count). The second-order valence-electron chi connectivity index (χ2n) is 9.74. The fourth-order valence-corrected chi connectivity index (χ4v) is 4.58. The molecule has 0 N–H and O–H groups in total. The maximum atomic E-state index is 13.1. The van der Waals surface area contributed by atoms with Gasteiger partial charge in [-0.3, -0.25) is 14.5 Å². The number of hydrogen-bond acceptors (Lipinski definition) is 8. The number of piperazine rings is 1. The Morgan fingerprint density at radius 1 is 0.973 bits per heavy atom.